The van der Waals surface area contributed by atoms with E-state index in [1.807, 2.05) is 13.8 Å². The lowest BCUT2D eigenvalue weighted by molar-refractivity contribution is -0.120. The van der Waals surface area contributed by atoms with Crippen LogP contribution in [-0.2, 0) is 16.0 Å². The molecular formula is C24H29FN4O2. The van der Waals surface area contributed by atoms with E-state index in [4.69, 9.17) is 0 Å². The van der Waals surface area contributed by atoms with Gasteiger partial charge in [0.1, 0.15) is 5.82 Å². The molecule has 1 saturated heterocycles. The van der Waals surface area contributed by atoms with Gasteiger partial charge in [0.15, 0.2) is 5.78 Å². The topological polar surface area (TPSA) is 68.4 Å². The van der Waals surface area contributed by atoms with Gasteiger partial charge in [-0.3, -0.25) is 14.5 Å². The van der Waals surface area contributed by atoms with Gasteiger partial charge in [-0.25, -0.2) is 4.39 Å². The Hall–Kier alpha value is -2.77. The number of aromatic nitrogens is 1. The maximum Gasteiger partial charge on any atom is 0.256 e. The summed E-state index contributed by atoms with van der Waals surface area (Å²) in [5.74, 6) is -0.442. The van der Waals surface area contributed by atoms with Gasteiger partial charge in [0.25, 0.3) is 5.91 Å². The number of piperazine rings is 1. The highest BCUT2D eigenvalue weighted by molar-refractivity contribution is 6.34. The van der Waals surface area contributed by atoms with Crippen LogP contribution in [0, 0.1) is 19.7 Å². The number of halogens is 1. The van der Waals surface area contributed by atoms with Gasteiger partial charge in [-0.15, -0.1) is 0 Å². The Morgan fingerprint density at radius 1 is 1.16 bits per heavy atom. The number of H-pyrrole nitrogens is 1. The Bertz CT molecular complexity index is 1050. The minimum atomic E-state index is -0.383. The minimum Gasteiger partial charge on any atom is -0.359 e. The second kappa shape index (κ2) is 8.77. The average molecular weight is 425 g/mol. The van der Waals surface area contributed by atoms with Crippen LogP contribution < -0.4 is 5.32 Å². The van der Waals surface area contributed by atoms with E-state index in [2.05, 4.69) is 27.0 Å². The zero-order valence-electron chi connectivity index (χ0n) is 18.3. The Morgan fingerprint density at radius 3 is 2.58 bits per heavy atom. The van der Waals surface area contributed by atoms with Crippen molar-refractivity contribution in [2.75, 3.05) is 44.6 Å². The zero-order chi connectivity index (χ0) is 22.1. The number of likely N-dealkylation sites (N-methyl/N-ethyl adjacent to an activating group) is 1. The number of carbonyl (C=O) groups excluding carboxylic acids is 2. The van der Waals surface area contributed by atoms with Gasteiger partial charge in [-0.1, -0.05) is 6.92 Å². The zero-order valence-corrected chi connectivity index (χ0v) is 18.3. The Kier molecular flexibility index (Phi) is 6.07. The van der Waals surface area contributed by atoms with E-state index >= 15 is 0 Å². The Balaban J connectivity index is 1.50. The highest BCUT2D eigenvalue weighted by Gasteiger charge is 2.26. The van der Waals surface area contributed by atoms with E-state index in [1.165, 1.54) is 12.1 Å². The molecule has 0 unspecified atom stereocenters. The summed E-state index contributed by atoms with van der Waals surface area (Å²) in [6, 6.07) is 4.27. The summed E-state index contributed by atoms with van der Waals surface area (Å²) in [5, 5.41) is 2.77. The first-order valence-corrected chi connectivity index (χ1v) is 10.8. The molecule has 2 aliphatic rings. The molecule has 4 rings (SSSR count). The third-order valence-corrected chi connectivity index (χ3v) is 6.37. The van der Waals surface area contributed by atoms with Crippen molar-refractivity contribution >= 4 is 29.0 Å². The van der Waals surface area contributed by atoms with Gasteiger partial charge in [0.2, 0.25) is 0 Å². The molecule has 1 fully saturated rings. The van der Waals surface area contributed by atoms with E-state index in [-0.39, 0.29) is 17.5 Å². The van der Waals surface area contributed by atoms with Crippen LogP contribution in [0.5, 0.6) is 0 Å². The van der Waals surface area contributed by atoms with E-state index in [1.54, 1.807) is 12.1 Å². The van der Waals surface area contributed by atoms with Crippen molar-refractivity contribution in [2.24, 2.45) is 0 Å². The number of rotatable bonds is 6. The molecule has 0 atom stereocenters. The van der Waals surface area contributed by atoms with Crippen molar-refractivity contribution < 1.29 is 14.0 Å². The molecule has 0 aliphatic carbocycles. The third-order valence-electron chi connectivity index (χ3n) is 6.37. The first kappa shape index (κ1) is 21.5. The van der Waals surface area contributed by atoms with Crippen LogP contribution in [0.25, 0.3) is 11.6 Å². The lowest BCUT2D eigenvalue weighted by Crippen LogP contribution is -2.47. The summed E-state index contributed by atoms with van der Waals surface area (Å²) in [6.07, 6.45) is 2.11. The highest BCUT2D eigenvalue weighted by atomic mass is 19.1. The summed E-state index contributed by atoms with van der Waals surface area (Å²) in [4.78, 5) is 33.1. The summed E-state index contributed by atoms with van der Waals surface area (Å²) >= 11 is 0. The van der Waals surface area contributed by atoms with Gasteiger partial charge in [-0.2, -0.15) is 0 Å². The van der Waals surface area contributed by atoms with E-state index < -0.39 is 0 Å². The van der Waals surface area contributed by atoms with Gasteiger partial charge in [-0.05, 0) is 55.8 Å². The number of benzene rings is 1. The van der Waals surface area contributed by atoms with Crippen molar-refractivity contribution in [3.8, 4) is 0 Å². The fraction of sp³-hybridized carbons (Fsp3) is 0.417. The van der Waals surface area contributed by atoms with Crippen molar-refractivity contribution in [3.05, 3.63) is 52.1 Å². The van der Waals surface area contributed by atoms with Crippen LogP contribution in [0.15, 0.2) is 18.2 Å². The summed E-state index contributed by atoms with van der Waals surface area (Å²) in [6.45, 7) is 11.4. The molecule has 1 aromatic heterocycles. The molecule has 2 aromatic rings. The molecule has 2 N–H and O–H groups in total. The molecule has 2 aliphatic heterocycles. The van der Waals surface area contributed by atoms with Gasteiger partial charge in [0.05, 0.1) is 12.1 Å². The lowest BCUT2D eigenvalue weighted by Gasteiger charge is -2.33. The predicted molar refractivity (Wildman–Crippen MR) is 120 cm³/mol. The van der Waals surface area contributed by atoms with Gasteiger partial charge >= 0.3 is 0 Å². The number of amides is 1. The number of hydrogen-bond acceptors (Lipinski definition) is 4. The van der Waals surface area contributed by atoms with Crippen molar-refractivity contribution in [1.29, 1.82) is 0 Å². The van der Waals surface area contributed by atoms with Crippen molar-refractivity contribution in [1.82, 2.24) is 14.8 Å². The highest BCUT2D eigenvalue weighted by Crippen LogP contribution is 2.34. The number of hydrogen-bond donors (Lipinski definition) is 2. The Morgan fingerprint density at radius 2 is 1.87 bits per heavy atom. The number of ketones is 1. The summed E-state index contributed by atoms with van der Waals surface area (Å²) in [7, 11) is 0. The number of anilines is 1. The van der Waals surface area contributed by atoms with Crippen LogP contribution >= 0.6 is 0 Å². The summed E-state index contributed by atoms with van der Waals surface area (Å²) in [5.41, 5.74) is 5.21. The number of aromatic amines is 1. The number of carbonyl (C=O) groups is 2. The molecule has 164 valence electrons. The molecular weight excluding hydrogens is 395 g/mol. The van der Waals surface area contributed by atoms with Crippen LogP contribution in [0.1, 0.15) is 35.0 Å². The number of nitrogens with one attached hydrogen (secondary N) is 2. The van der Waals surface area contributed by atoms with Crippen molar-refractivity contribution in [2.45, 2.75) is 27.2 Å². The maximum atomic E-state index is 13.7. The molecule has 31 heavy (non-hydrogen) atoms. The second-order valence-electron chi connectivity index (χ2n) is 8.40. The molecule has 1 amide bonds. The molecule has 0 radical (unpaired) electrons. The van der Waals surface area contributed by atoms with E-state index in [9.17, 15) is 14.0 Å². The molecule has 0 saturated carbocycles. The lowest BCUT2D eigenvalue weighted by atomic mass is 10.0. The monoisotopic (exact) mass is 424 g/mol. The first-order chi connectivity index (χ1) is 14.9. The number of aryl methyl sites for hydroxylation is 1. The largest absolute Gasteiger partial charge is 0.359 e. The van der Waals surface area contributed by atoms with Crippen LogP contribution in [0.2, 0.25) is 0 Å². The van der Waals surface area contributed by atoms with Gasteiger partial charge in [0, 0.05) is 55.2 Å². The van der Waals surface area contributed by atoms with Crippen LogP contribution in [-0.4, -0.2) is 65.7 Å². The normalized spacial score (nSPS) is 18.5. The molecule has 0 bridgehead atoms. The van der Waals surface area contributed by atoms with Crippen LogP contribution in [0.3, 0.4) is 0 Å². The molecule has 0 spiro atoms. The fourth-order valence-electron chi connectivity index (χ4n) is 4.44. The number of nitrogens with zero attached hydrogens (tertiary/aromatic N) is 2. The number of fused-ring (bicyclic) bond motifs is 1. The smallest absolute Gasteiger partial charge is 0.256 e. The molecule has 3 heterocycles. The molecule has 7 heteroatoms. The maximum absolute atomic E-state index is 13.7. The predicted octanol–water partition coefficient (Wildman–Crippen LogP) is 3.01. The van der Waals surface area contributed by atoms with Gasteiger partial charge < -0.3 is 15.2 Å². The fourth-order valence-corrected chi connectivity index (χ4v) is 4.44. The molecule has 6 nitrogen and oxygen atoms in total. The quantitative estimate of drug-likeness (QED) is 0.700. The Labute approximate surface area is 182 Å². The van der Waals surface area contributed by atoms with Crippen LogP contribution in [0.4, 0.5) is 10.1 Å². The SMILES string of the molecule is CCN1CCN(CC(=O)Cc2c(C)[nH]c(/C=C3\C(=O)Nc4ccc(F)cc43)c2C)CC1. The van der Waals surface area contributed by atoms with Crippen molar-refractivity contribution in [3.63, 3.8) is 0 Å². The minimum absolute atomic E-state index is 0.195. The van der Waals surface area contributed by atoms with E-state index in [0.717, 1.165) is 55.2 Å². The average Bonchev–Trinajstić information content (AvgIpc) is 3.19. The van der Waals surface area contributed by atoms with E-state index in [0.29, 0.717) is 29.8 Å². The second-order valence-corrected chi connectivity index (χ2v) is 8.40. The first-order valence-electron chi connectivity index (χ1n) is 10.8. The number of Topliss-reactive ketones (excluding diaryl/α,β-unsaturated/α-hetero) is 1. The third kappa shape index (κ3) is 4.48. The summed E-state index contributed by atoms with van der Waals surface area (Å²) < 4.78 is 13.7. The molecule has 1 aromatic carbocycles. The standard InChI is InChI=1S/C24H29FN4O2/c1-4-28-7-9-29(10-8-28)14-18(30)12-19-15(2)23(26-16(19)3)13-21-20-11-17(25)5-6-22(20)27-24(21)31/h5-6,11,13,26H,4,7-10,12,14H2,1-3H3,(H,27,31)/b21-13-.